The largest absolute Gasteiger partial charge is 0.496 e. The Morgan fingerprint density at radius 1 is 1.54 bits per heavy atom. The second-order valence-electron chi connectivity index (χ2n) is 2.34. The molecular formula is C9H9ClO2S. The fourth-order valence-corrected chi connectivity index (χ4v) is 1.55. The van der Waals surface area contributed by atoms with Crippen LogP contribution in [0.15, 0.2) is 23.1 Å². The zero-order chi connectivity index (χ0) is 9.84. The highest BCUT2D eigenvalue weighted by Crippen LogP contribution is 2.26. The molecule has 0 unspecified atom stereocenters. The van der Waals surface area contributed by atoms with Gasteiger partial charge in [-0.1, -0.05) is 0 Å². The predicted octanol–water partition coefficient (Wildman–Crippen LogP) is 2.80. The van der Waals surface area contributed by atoms with E-state index in [4.69, 9.17) is 16.3 Å². The van der Waals surface area contributed by atoms with Gasteiger partial charge in [0.05, 0.1) is 12.7 Å². The number of benzene rings is 1. The van der Waals surface area contributed by atoms with Crippen LogP contribution in [0.2, 0.25) is 0 Å². The van der Waals surface area contributed by atoms with Crippen molar-refractivity contribution in [1.82, 2.24) is 0 Å². The molecule has 2 nitrogen and oxygen atoms in total. The molecule has 13 heavy (non-hydrogen) atoms. The number of hydrogen-bond donors (Lipinski definition) is 0. The third kappa shape index (κ3) is 2.39. The molecule has 0 amide bonds. The van der Waals surface area contributed by atoms with Crippen molar-refractivity contribution in [3.8, 4) is 5.75 Å². The van der Waals surface area contributed by atoms with Crippen molar-refractivity contribution in [1.29, 1.82) is 0 Å². The third-order valence-corrected chi connectivity index (χ3v) is 2.55. The molecule has 1 aromatic carbocycles. The van der Waals surface area contributed by atoms with Crippen molar-refractivity contribution in [2.24, 2.45) is 0 Å². The second-order valence-corrected chi connectivity index (χ2v) is 3.56. The number of methoxy groups -OCH3 is 1. The lowest BCUT2D eigenvalue weighted by molar-refractivity contribution is 0.107. The van der Waals surface area contributed by atoms with Crippen LogP contribution < -0.4 is 4.74 Å². The maximum atomic E-state index is 10.9. The Morgan fingerprint density at radius 2 is 2.23 bits per heavy atom. The molecule has 70 valence electrons. The summed E-state index contributed by atoms with van der Waals surface area (Å²) in [6.07, 6.45) is 1.96. The molecule has 4 heteroatoms. The number of carbonyl (C=O) groups is 1. The van der Waals surface area contributed by atoms with Gasteiger partial charge in [0.2, 0.25) is 0 Å². The molecule has 0 aliphatic rings. The lowest BCUT2D eigenvalue weighted by atomic mass is 10.2. The molecule has 0 aromatic heterocycles. The molecule has 0 aliphatic carbocycles. The van der Waals surface area contributed by atoms with E-state index < -0.39 is 5.24 Å². The van der Waals surface area contributed by atoms with Gasteiger partial charge in [-0.25, -0.2) is 0 Å². The average molecular weight is 217 g/mol. The molecule has 0 saturated heterocycles. The van der Waals surface area contributed by atoms with E-state index in [0.29, 0.717) is 11.3 Å². The summed E-state index contributed by atoms with van der Waals surface area (Å²) >= 11 is 6.94. The molecule has 0 saturated carbocycles. The second kappa shape index (κ2) is 4.53. The van der Waals surface area contributed by atoms with Crippen molar-refractivity contribution >= 4 is 28.6 Å². The van der Waals surface area contributed by atoms with Gasteiger partial charge < -0.3 is 4.74 Å². The van der Waals surface area contributed by atoms with Gasteiger partial charge in [-0.3, -0.25) is 4.79 Å². The Labute approximate surface area is 86.2 Å². The quantitative estimate of drug-likeness (QED) is 0.574. The van der Waals surface area contributed by atoms with E-state index in [1.807, 2.05) is 12.3 Å². The third-order valence-electron chi connectivity index (χ3n) is 1.62. The first-order valence-electron chi connectivity index (χ1n) is 3.61. The Bertz CT molecular complexity index is 325. The highest BCUT2D eigenvalue weighted by molar-refractivity contribution is 7.98. The smallest absolute Gasteiger partial charge is 0.256 e. The first kappa shape index (κ1) is 10.4. The molecule has 1 aromatic rings. The summed E-state index contributed by atoms with van der Waals surface area (Å²) in [7, 11) is 1.52. The van der Waals surface area contributed by atoms with E-state index in [1.165, 1.54) is 7.11 Å². The van der Waals surface area contributed by atoms with E-state index in [-0.39, 0.29) is 0 Å². The highest BCUT2D eigenvalue weighted by atomic mass is 35.5. The number of hydrogen-bond acceptors (Lipinski definition) is 3. The van der Waals surface area contributed by atoms with E-state index in [0.717, 1.165) is 4.90 Å². The van der Waals surface area contributed by atoms with Crippen LogP contribution in [0.3, 0.4) is 0 Å². The summed E-state index contributed by atoms with van der Waals surface area (Å²) in [5, 5.41) is -0.496. The minimum atomic E-state index is -0.496. The summed E-state index contributed by atoms with van der Waals surface area (Å²) in [5.74, 6) is 0.520. The van der Waals surface area contributed by atoms with E-state index in [1.54, 1.807) is 23.9 Å². The van der Waals surface area contributed by atoms with Crippen LogP contribution in [0, 0.1) is 0 Å². The highest BCUT2D eigenvalue weighted by Gasteiger charge is 2.09. The zero-order valence-electron chi connectivity index (χ0n) is 7.33. The van der Waals surface area contributed by atoms with Crippen LogP contribution in [0.25, 0.3) is 0 Å². The summed E-state index contributed by atoms with van der Waals surface area (Å²) < 4.78 is 5.03. The Morgan fingerprint density at radius 3 is 2.69 bits per heavy atom. The van der Waals surface area contributed by atoms with Gasteiger partial charge in [-0.05, 0) is 36.1 Å². The van der Waals surface area contributed by atoms with Crippen LogP contribution in [-0.4, -0.2) is 18.6 Å². The standard InChI is InChI=1S/C9H9ClO2S/c1-12-8-5-6(13-2)3-4-7(8)9(10)11/h3-5H,1-2H3. The van der Waals surface area contributed by atoms with Crippen molar-refractivity contribution in [3.05, 3.63) is 23.8 Å². The molecule has 1 rings (SSSR count). The van der Waals surface area contributed by atoms with Gasteiger partial charge in [0.1, 0.15) is 5.75 Å². The summed E-state index contributed by atoms with van der Waals surface area (Å²) in [6.45, 7) is 0. The van der Waals surface area contributed by atoms with Crippen molar-refractivity contribution in [2.75, 3.05) is 13.4 Å². The van der Waals surface area contributed by atoms with Crippen LogP contribution in [0.1, 0.15) is 10.4 Å². The van der Waals surface area contributed by atoms with Gasteiger partial charge in [-0.2, -0.15) is 0 Å². The first-order valence-corrected chi connectivity index (χ1v) is 5.21. The fourth-order valence-electron chi connectivity index (χ4n) is 0.961. The monoisotopic (exact) mass is 216 g/mol. The van der Waals surface area contributed by atoms with Crippen molar-refractivity contribution in [3.63, 3.8) is 0 Å². The fraction of sp³-hybridized carbons (Fsp3) is 0.222. The molecule has 0 spiro atoms. The maximum Gasteiger partial charge on any atom is 0.256 e. The molecular weight excluding hydrogens is 208 g/mol. The SMILES string of the molecule is COc1cc(SC)ccc1C(=O)Cl. The number of ether oxygens (including phenoxy) is 1. The molecule has 0 fully saturated rings. The van der Waals surface area contributed by atoms with Crippen LogP contribution in [0.4, 0.5) is 0 Å². The molecule has 0 atom stereocenters. The minimum absolute atomic E-state index is 0.405. The van der Waals surface area contributed by atoms with Gasteiger partial charge in [0.25, 0.3) is 5.24 Å². The first-order chi connectivity index (χ1) is 6.19. The van der Waals surface area contributed by atoms with Crippen molar-refractivity contribution < 1.29 is 9.53 Å². The summed E-state index contributed by atoms with van der Waals surface area (Å²) in [5.41, 5.74) is 0.405. The molecule has 0 bridgehead atoms. The summed E-state index contributed by atoms with van der Waals surface area (Å²) in [4.78, 5) is 11.9. The Hall–Kier alpha value is -0.670. The average Bonchev–Trinajstić information content (AvgIpc) is 2.16. The van der Waals surface area contributed by atoms with Gasteiger partial charge >= 0.3 is 0 Å². The van der Waals surface area contributed by atoms with E-state index in [2.05, 4.69) is 0 Å². The minimum Gasteiger partial charge on any atom is -0.496 e. The van der Waals surface area contributed by atoms with E-state index in [9.17, 15) is 4.79 Å². The topological polar surface area (TPSA) is 26.3 Å². The molecule has 0 aliphatic heterocycles. The molecule has 0 heterocycles. The number of halogens is 1. The van der Waals surface area contributed by atoms with Gasteiger partial charge in [-0.15, -0.1) is 11.8 Å². The predicted molar refractivity (Wildman–Crippen MR) is 55.0 cm³/mol. The van der Waals surface area contributed by atoms with Gasteiger partial charge in [0, 0.05) is 4.90 Å². The summed E-state index contributed by atoms with van der Waals surface area (Å²) in [6, 6.07) is 5.29. The van der Waals surface area contributed by atoms with Crippen LogP contribution in [-0.2, 0) is 0 Å². The zero-order valence-corrected chi connectivity index (χ0v) is 8.91. The lowest BCUT2D eigenvalue weighted by Crippen LogP contribution is -1.95. The van der Waals surface area contributed by atoms with Crippen molar-refractivity contribution in [2.45, 2.75) is 4.90 Å². The number of carbonyl (C=O) groups excluding carboxylic acids is 1. The molecule has 0 radical (unpaired) electrons. The normalized spacial score (nSPS) is 9.77. The van der Waals surface area contributed by atoms with Crippen LogP contribution in [0.5, 0.6) is 5.75 Å². The molecule has 0 N–H and O–H groups in total. The Balaban J connectivity index is 3.15. The number of thioether (sulfide) groups is 1. The van der Waals surface area contributed by atoms with Crippen LogP contribution >= 0.6 is 23.4 Å². The number of rotatable bonds is 3. The maximum absolute atomic E-state index is 10.9. The van der Waals surface area contributed by atoms with E-state index >= 15 is 0 Å². The lowest BCUT2D eigenvalue weighted by Gasteiger charge is -2.05. The Kier molecular flexibility index (Phi) is 3.63. The van der Waals surface area contributed by atoms with Gasteiger partial charge in [0.15, 0.2) is 0 Å².